The van der Waals surface area contributed by atoms with Crippen LogP contribution in [0.5, 0.6) is 0 Å². The van der Waals surface area contributed by atoms with Gasteiger partial charge in [0.2, 0.25) is 11.8 Å². The van der Waals surface area contributed by atoms with Gasteiger partial charge in [0.1, 0.15) is 0 Å². The number of imide groups is 1. The number of amides is 2. The molecule has 106 valence electrons. The summed E-state index contributed by atoms with van der Waals surface area (Å²) >= 11 is 1.41. The van der Waals surface area contributed by atoms with Gasteiger partial charge in [0.05, 0.1) is 10.9 Å². The van der Waals surface area contributed by atoms with Crippen LogP contribution in [0.15, 0.2) is 24.3 Å². The topological polar surface area (TPSA) is 80.5 Å². The van der Waals surface area contributed by atoms with Crippen LogP contribution in [-0.4, -0.2) is 35.1 Å². The van der Waals surface area contributed by atoms with E-state index < -0.39 is 0 Å². The Kier molecular flexibility index (Phi) is 4.57. The fourth-order valence-electron chi connectivity index (χ4n) is 2.06. The van der Waals surface area contributed by atoms with Gasteiger partial charge < -0.3 is 5.73 Å². The van der Waals surface area contributed by atoms with E-state index in [4.69, 9.17) is 5.73 Å². The molecule has 20 heavy (non-hydrogen) atoms. The molecule has 1 aliphatic rings. The zero-order valence-corrected chi connectivity index (χ0v) is 12.0. The highest BCUT2D eigenvalue weighted by atomic mass is 32.2. The standard InChI is InChI=1S/C14H16N2O3S/c1-9(17)10-2-4-11(5-3-10)16-13(18)8-12(14(16)19)20-7-6-15/h2-5,12H,6-8,15H2,1H3. The Bertz CT molecular complexity index is 542. The van der Waals surface area contributed by atoms with Crippen LogP contribution in [0.25, 0.3) is 0 Å². The maximum absolute atomic E-state index is 12.2. The summed E-state index contributed by atoms with van der Waals surface area (Å²) in [6.07, 6.45) is 0.206. The molecule has 6 heteroatoms. The Morgan fingerprint density at radius 1 is 1.35 bits per heavy atom. The van der Waals surface area contributed by atoms with Gasteiger partial charge in [-0.1, -0.05) is 0 Å². The summed E-state index contributed by atoms with van der Waals surface area (Å²) in [6, 6.07) is 6.50. The van der Waals surface area contributed by atoms with E-state index in [2.05, 4.69) is 0 Å². The van der Waals surface area contributed by atoms with Crippen molar-refractivity contribution in [2.24, 2.45) is 5.73 Å². The molecule has 1 atom stereocenters. The number of ketones is 1. The van der Waals surface area contributed by atoms with Crippen LogP contribution in [0.3, 0.4) is 0 Å². The second kappa shape index (κ2) is 6.19. The quantitative estimate of drug-likeness (QED) is 0.652. The Balaban J connectivity index is 2.17. The van der Waals surface area contributed by atoms with Crippen molar-refractivity contribution < 1.29 is 14.4 Å². The molecule has 1 unspecified atom stereocenters. The number of carbonyl (C=O) groups is 3. The lowest BCUT2D eigenvalue weighted by Crippen LogP contribution is -2.31. The molecule has 0 radical (unpaired) electrons. The van der Waals surface area contributed by atoms with Crippen LogP contribution in [0.1, 0.15) is 23.7 Å². The van der Waals surface area contributed by atoms with E-state index >= 15 is 0 Å². The number of Topliss-reactive ketones (excluding diaryl/α,β-unsaturated/α-hetero) is 1. The van der Waals surface area contributed by atoms with Crippen molar-refractivity contribution in [1.29, 1.82) is 0 Å². The summed E-state index contributed by atoms with van der Waals surface area (Å²) in [5.74, 6) is 0.192. The van der Waals surface area contributed by atoms with Crippen LogP contribution >= 0.6 is 11.8 Å². The molecule has 2 N–H and O–H groups in total. The number of anilines is 1. The smallest absolute Gasteiger partial charge is 0.247 e. The van der Waals surface area contributed by atoms with Crippen LogP contribution in [0, 0.1) is 0 Å². The highest BCUT2D eigenvalue weighted by Crippen LogP contribution is 2.29. The molecule has 0 aliphatic carbocycles. The number of hydrogen-bond acceptors (Lipinski definition) is 5. The lowest BCUT2D eigenvalue weighted by molar-refractivity contribution is -0.121. The van der Waals surface area contributed by atoms with Crippen molar-refractivity contribution in [3.63, 3.8) is 0 Å². The van der Waals surface area contributed by atoms with E-state index in [0.29, 0.717) is 23.5 Å². The van der Waals surface area contributed by atoms with E-state index in [0.717, 1.165) is 0 Å². The Hall–Kier alpha value is -1.66. The van der Waals surface area contributed by atoms with Gasteiger partial charge in [-0.3, -0.25) is 14.4 Å². The number of nitrogens with zero attached hydrogens (tertiary/aromatic N) is 1. The lowest BCUT2D eigenvalue weighted by atomic mass is 10.1. The van der Waals surface area contributed by atoms with Gasteiger partial charge in [-0.25, -0.2) is 4.90 Å². The van der Waals surface area contributed by atoms with Crippen molar-refractivity contribution in [3.05, 3.63) is 29.8 Å². The summed E-state index contributed by atoms with van der Waals surface area (Å²) in [7, 11) is 0. The minimum Gasteiger partial charge on any atom is -0.330 e. The minimum absolute atomic E-state index is 0.0491. The number of rotatable bonds is 5. The fraction of sp³-hybridized carbons (Fsp3) is 0.357. The first-order valence-electron chi connectivity index (χ1n) is 6.34. The summed E-state index contributed by atoms with van der Waals surface area (Å²) in [6.45, 7) is 1.95. The maximum Gasteiger partial charge on any atom is 0.247 e. The van der Waals surface area contributed by atoms with Gasteiger partial charge in [0, 0.05) is 24.3 Å². The third-order valence-electron chi connectivity index (χ3n) is 3.07. The number of nitrogens with two attached hydrogens (primary N) is 1. The van der Waals surface area contributed by atoms with Crippen molar-refractivity contribution in [2.45, 2.75) is 18.6 Å². The molecular weight excluding hydrogens is 276 g/mol. The molecule has 1 fully saturated rings. The predicted octanol–water partition coefficient (Wildman–Crippen LogP) is 1.21. The van der Waals surface area contributed by atoms with Gasteiger partial charge in [0.25, 0.3) is 0 Å². The largest absolute Gasteiger partial charge is 0.330 e. The summed E-state index contributed by atoms with van der Waals surface area (Å²) in [5.41, 5.74) is 6.49. The lowest BCUT2D eigenvalue weighted by Gasteiger charge is -2.15. The number of carbonyl (C=O) groups excluding carboxylic acids is 3. The average molecular weight is 292 g/mol. The van der Waals surface area contributed by atoms with Gasteiger partial charge in [-0.2, -0.15) is 0 Å². The second-order valence-corrected chi connectivity index (χ2v) is 5.83. The monoisotopic (exact) mass is 292 g/mol. The summed E-state index contributed by atoms with van der Waals surface area (Å²) < 4.78 is 0. The van der Waals surface area contributed by atoms with E-state index in [-0.39, 0.29) is 29.3 Å². The minimum atomic E-state index is -0.349. The molecule has 1 aliphatic heterocycles. The molecule has 0 aromatic heterocycles. The van der Waals surface area contributed by atoms with Crippen molar-refractivity contribution in [1.82, 2.24) is 0 Å². The molecule has 0 bridgehead atoms. The SMILES string of the molecule is CC(=O)c1ccc(N2C(=O)CC(SCCN)C2=O)cc1. The fourth-order valence-corrected chi connectivity index (χ4v) is 2.99. The van der Waals surface area contributed by atoms with E-state index in [9.17, 15) is 14.4 Å². The zero-order valence-electron chi connectivity index (χ0n) is 11.2. The molecule has 2 amide bonds. The zero-order chi connectivity index (χ0) is 14.7. The van der Waals surface area contributed by atoms with Crippen LogP contribution in [0.4, 0.5) is 5.69 Å². The molecular formula is C14H16N2O3S. The van der Waals surface area contributed by atoms with Gasteiger partial charge in [-0.15, -0.1) is 11.8 Å². The van der Waals surface area contributed by atoms with E-state index in [1.54, 1.807) is 24.3 Å². The molecule has 1 aromatic carbocycles. The molecule has 2 rings (SSSR count). The normalized spacial score (nSPS) is 18.7. The molecule has 1 aromatic rings. The number of thioether (sulfide) groups is 1. The van der Waals surface area contributed by atoms with Crippen LogP contribution in [-0.2, 0) is 9.59 Å². The Morgan fingerprint density at radius 3 is 2.55 bits per heavy atom. The summed E-state index contributed by atoms with van der Waals surface area (Å²) in [4.78, 5) is 36.6. The summed E-state index contributed by atoms with van der Waals surface area (Å²) in [5, 5.41) is -0.349. The molecule has 5 nitrogen and oxygen atoms in total. The first kappa shape index (κ1) is 14.7. The molecule has 1 saturated heterocycles. The van der Waals surface area contributed by atoms with Crippen molar-refractivity contribution in [2.75, 3.05) is 17.2 Å². The molecule has 0 saturated carbocycles. The highest BCUT2D eigenvalue weighted by molar-refractivity contribution is 8.00. The first-order chi connectivity index (χ1) is 9.54. The second-order valence-electron chi connectivity index (χ2n) is 4.52. The van der Waals surface area contributed by atoms with E-state index in [1.165, 1.54) is 23.6 Å². The Labute approximate surface area is 121 Å². The van der Waals surface area contributed by atoms with Crippen LogP contribution in [0.2, 0.25) is 0 Å². The number of benzene rings is 1. The van der Waals surface area contributed by atoms with Gasteiger partial charge in [0.15, 0.2) is 5.78 Å². The van der Waals surface area contributed by atoms with E-state index in [1.807, 2.05) is 0 Å². The first-order valence-corrected chi connectivity index (χ1v) is 7.39. The molecule has 1 heterocycles. The maximum atomic E-state index is 12.2. The third kappa shape index (κ3) is 2.91. The van der Waals surface area contributed by atoms with Crippen molar-refractivity contribution in [3.8, 4) is 0 Å². The highest BCUT2D eigenvalue weighted by Gasteiger charge is 2.39. The predicted molar refractivity (Wildman–Crippen MR) is 78.9 cm³/mol. The third-order valence-corrected chi connectivity index (χ3v) is 4.32. The van der Waals surface area contributed by atoms with Gasteiger partial charge in [-0.05, 0) is 31.2 Å². The number of hydrogen-bond donors (Lipinski definition) is 1. The van der Waals surface area contributed by atoms with Crippen molar-refractivity contribution >= 4 is 35.0 Å². The Morgan fingerprint density at radius 2 is 2.00 bits per heavy atom. The van der Waals surface area contributed by atoms with Crippen LogP contribution < -0.4 is 10.6 Å². The molecule has 0 spiro atoms. The average Bonchev–Trinajstić information content (AvgIpc) is 2.71. The van der Waals surface area contributed by atoms with Gasteiger partial charge >= 0.3 is 0 Å².